The Morgan fingerprint density at radius 2 is 2.33 bits per heavy atom. The fraction of sp³-hybridized carbons (Fsp3) is 0.700. The van der Waals surface area contributed by atoms with Gasteiger partial charge in [0.1, 0.15) is 0 Å². The zero-order chi connectivity index (χ0) is 13.3. The summed E-state index contributed by atoms with van der Waals surface area (Å²) in [7, 11) is -1.97. The maximum atomic E-state index is 12.4. The van der Waals surface area contributed by atoms with Crippen molar-refractivity contribution in [1.29, 1.82) is 0 Å². The van der Waals surface area contributed by atoms with Gasteiger partial charge in [-0.25, -0.2) is 13.4 Å². The van der Waals surface area contributed by atoms with Gasteiger partial charge in [-0.2, -0.15) is 4.31 Å². The lowest BCUT2D eigenvalue weighted by Crippen LogP contribution is -2.31. The Morgan fingerprint density at radius 3 is 2.89 bits per heavy atom. The average Bonchev–Trinajstić information content (AvgIpc) is 2.87. The highest BCUT2D eigenvalue weighted by molar-refractivity contribution is 7.89. The minimum Gasteiger partial charge on any atom is -0.396 e. The number of nitrogens with two attached hydrogens (primary N) is 1. The van der Waals surface area contributed by atoms with E-state index < -0.39 is 10.0 Å². The van der Waals surface area contributed by atoms with Crippen molar-refractivity contribution in [1.82, 2.24) is 13.9 Å². The third-order valence-corrected chi connectivity index (χ3v) is 5.28. The lowest BCUT2D eigenvalue weighted by Gasteiger charge is -2.16. The van der Waals surface area contributed by atoms with Crippen LogP contribution in [-0.4, -0.2) is 47.1 Å². The molecule has 0 saturated carbocycles. The van der Waals surface area contributed by atoms with Crippen molar-refractivity contribution in [2.45, 2.75) is 17.9 Å². The number of sulfonamides is 1. The molecule has 0 bridgehead atoms. The molecule has 1 atom stereocenters. The summed E-state index contributed by atoms with van der Waals surface area (Å²) in [5.74, 6) is 0.252. The highest BCUT2D eigenvalue weighted by Gasteiger charge is 2.35. The van der Waals surface area contributed by atoms with Gasteiger partial charge in [-0.3, -0.25) is 0 Å². The monoisotopic (exact) mass is 274 g/mol. The van der Waals surface area contributed by atoms with E-state index in [2.05, 4.69) is 4.98 Å². The maximum absolute atomic E-state index is 12.4. The molecule has 2 heterocycles. The van der Waals surface area contributed by atoms with Gasteiger partial charge in [-0.15, -0.1) is 0 Å². The van der Waals surface area contributed by atoms with Crippen molar-refractivity contribution >= 4 is 15.8 Å². The van der Waals surface area contributed by atoms with Gasteiger partial charge >= 0.3 is 0 Å². The molecule has 0 aromatic carbocycles. The number of aliphatic hydroxyl groups is 1. The smallest absolute Gasteiger partial charge is 0.262 e. The molecule has 102 valence electrons. The van der Waals surface area contributed by atoms with Crippen LogP contribution in [0.1, 0.15) is 12.8 Å². The molecular formula is C10H18N4O3S. The van der Waals surface area contributed by atoms with Crippen LogP contribution in [0.5, 0.6) is 0 Å². The van der Waals surface area contributed by atoms with E-state index in [1.165, 1.54) is 15.2 Å². The molecule has 0 spiro atoms. The van der Waals surface area contributed by atoms with E-state index in [0.717, 1.165) is 6.42 Å². The van der Waals surface area contributed by atoms with Crippen LogP contribution in [-0.2, 0) is 17.1 Å². The topological polar surface area (TPSA) is 101 Å². The number of hydrogen-bond acceptors (Lipinski definition) is 5. The Balaban J connectivity index is 2.23. The molecular weight excluding hydrogens is 256 g/mol. The van der Waals surface area contributed by atoms with Gasteiger partial charge in [0, 0.05) is 26.7 Å². The first-order valence-corrected chi connectivity index (χ1v) is 7.28. The van der Waals surface area contributed by atoms with Crippen LogP contribution in [0.15, 0.2) is 11.4 Å². The Bertz CT molecular complexity index is 506. The molecule has 8 heteroatoms. The van der Waals surface area contributed by atoms with Crippen LogP contribution in [0.25, 0.3) is 0 Å². The Kier molecular flexibility index (Phi) is 3.60. The molecule has 7 nitrogen and oxygen atoms in total. The summed E-state index contributed by atoms with van der Waals surface area (Å²) in [6, 6.07) is 0. The van der Waals surface area contributed by atoms with Crippen molar-refractivity contribution in [3.8, 4) is 0 Å². The molecule has 1 unspecified atom stereocenters. The normalized spacial score (nSPS) is 21.6. The van der Waals surface area contributed by atoms with E-state index in [1.807, 2.05) is 0 Å². The summed E-state index contributed by atoms with van der Waals surface area (Å²) in [5.41, 5.74) is 5.61. The largest absolute Gasteiger partial charge is 0.396 e. The summed E-state index contributed by atoms with van der Waals surface area (Å²) in [6.45, 7) is 0.998. The molecule has 1 aliphatic heterocycles. The number of nitrogen functional groups attached to an aromatic ring is 1. The summed E-state index contributed by atoms with van der Waals surface area (Å²) in [4.78, 5) is 3.80. The summed E-state index contributed by atoms with van der Waals surface area (Å²) < 4.78 is 27.7. The number of nitrogens with zero attached hydrogens (tertiary/aromatic N) is 3. The van der Waals surface area contributed by atoms with Gasteiger partial charge in [0.25, 0.3) is 10.0 Å². The second-order valence-corrected chi connectivity index (χ2v) is 6.43. The van der Waals surface area contributed by atoms with Crippen LogP contribution in [0.3, 0.4) is 0 Å². The second kappa shape index (κ2) is 4.87. The van der Waals surface area contributed by atoms with Crippen LogP contribution in [0.4, 0.5) is 5.82 Å². The van der Waals surface area contributed by atoms with E-state index in [4.69, 9.17) is 10.8 Å². The molecule has 0 amide bonds. The fourth-order valence-corrected chi connectivity index (χ4v) is 4.03. The minimum absolute atomic E-state index is 0.0307. The van der Waals surface area contributed by atoms with Gasteiger partial charge in [-0.05, 0) is 18.8 Å². The first-order chi connectivity index (χ1) is 8.46. The number of aromatic nitrogens is 2. The van der Waals surface area contributed by atoms with E-state index in [-0.39, 0.29) is 23.4 Å². The standard InChI is InChI=1S/C10H18N4O3S/c1-13-7-12-9(11)10(13)18(16,17)14-4-2-8(6-14)3-5-15/h7-8,15H,2-6,11H2,1H3. The Labute approximate surface area is 106 Å². The zero-order valence-electron chi connectivity index (χ0n) is 10.3. The molecule has 1 aromatic rings. The molecule has 1 aliphatic rings. The van der Waals surface area contributed by atoms with Crippen molar-refractivity contribution in [3.05, 3.63) is 6.33 Å². The molecule has 0 aliphatic carbocycles. The SMILES string of the molecule is Cn1cnc(N)c1S(=O)(=O)N1CCC(CCO)C1. The first kappa shape index (κ1) is 13.3. The van der Waals surface area contributed by atoms with Crippen molar-refractivity contribution in [2.24, 2.45) is 13.0 Å². The predicted molar refractivity (Wildman–Crippen MR) is 66.2 cm³/mol. The lowest BCUT2D eigenvalue weighted by molar-refractivity contribution is 0.259. The summed E-state index contributed by atoms with van der Waals surface area (Å²) in [5, 5.41) is 8.93. The summed E-state index contributed by atoms with van der Waals surface area (Å²) in [6.07, 6.45) is 2.80. The van der Waals surface area contributed by atoms with Crippen molar-refractivity contribution in [3.63, 3.8) is 0 Å². The number of aryl methyl sites for hydroxylation is 1. The third-order valence-electron chi connectivity index (χ3n) is 3.28. The summed E-state index contributed by atoms with van der Waals surface area (Å²) >= 11 is 0. The van der Waals surface area contributed by atoms with Crippen molar-refractivity contribution < 1.29 is 13.5 Å². The Morgan fingerprint density at radius 1 is 1.61 bits per heavy atom. The van der Waals surface area contributed by atoms with E-state index in [1.54, 1.807) is 7.05 Å². The number of aliphatic hydroxyl groups excluding tert-OH is 1. The van der Waals surface area contributed by atoms with Crippen LogP contribution in [0, 0.1) is 5.92 Å². The number of rotatable bonds is 4. The first-order valence-electron chi connectivity index (χ1n) is 5.84. The molecule has 1 saturated heterocycles. The van der Waals surface area contributed by atoms with Gasteiger partial charge in [0.05, 0.1) is 6.33 Å². The second-order valence-electron chi connectivity index (χ2n) is 4.58. The Hall–Kier alpha value is -1.12. The fourth-order valence-electron chi connectivity index (χ4n) is 2.31. The average molecular weight is 274 g/mol. The van der Waals surface area contributed by atoms with E-state index >= 15 is 0 Å². The highest BCUT2D eigenvalue weighted by atomic mass is 32.2. The number of anilines is 1. The minimum atomic E-state index is -3.58. The van der Waals surface area contributed by atoms with E-state index in [9.17, 15) is 8.42 Å². The highest BCUT2D eigenvalue weighted by Crippen LogP contribution is 2.27. The van der Waals surface area contributed by atoms with Crippen LogP contribution >= 0.6 is 0 Å². The molecule has 0 radical (unpaired) electrons. The molecule has 18 heavy (non-hydrogen) atoms. The number of hydrogen-bond donors (Lipinski definition) is 2. The molecule has 1 aromatic heterocycles. The zero-order valence-corrected chi connectivity index (χ0v) is 11.1. The van der Waals surface area contributed by atoms with Gasteiger partial charge in [-0.1, -0.05) is 0 Å². The quantitative estimate of drug-likeness (QED) is 0.763. The van der Waals surface area contributed by atoms with Crippen LogP contribution < -0.4 is 5.73 Å². The van der Waals surface area contributed by atoms with Gasteiger partial charge in [0.2, 0.25) is 0 Å². The van der Waals surface area contributed by atoms with Crippen molar-refractivity contribution in [2.75, 3.05) is 25.4 Å². The van der Waals surface area contributed by atoms with Gasteiger partial charge in [0.15, 0.2) is 10.8 Å². The van der Waals surface area contributed by atoms with Crippen LogP contribution in [0.2, 0.25) is 0 Å². The number of imidazole rings is 1. The predicted octanol–water partition coefficient (Wildman–Crippen LogP) is -0.605. The van der Waals surface area contributed by atoms with Gasteiger partial charge < -0.3 is 15.4 Å². The maximum Gasteiger partial charge on any atom is 0.262 e. The molecule has 3 N–H and O–H groups in total. The third kappa shape index (κ3) is 2.23. The van der Waals surface area contributed by atoms with E-state index in [0.29, 0.717) is 19.5 Å². The lowest BCUT2D eigenvalue weighted by atomic mass is 10.1. The molecule has 2 rings (SSSR count). The molecule has 1 fully saturated rings.